The van der Waals surface area contributed by atoms with Crippen molar-refractivity contribution < 1.29 is 9.66 Å². The molecule has 6 N–H and O–H groups in total. The third-order valence-electron chi connectivity index (χ3n) is 7.28. The summed E-state index contributed by atoms with van der Waals surface area (Å²) >= 11 is 0. The molecule has 1 saturated heterocycles. The van der Waals surface area contributed by atoms with Crippen molar-refractivity contribution in [3.63, 3.8) is 0 Å². The van der Waals surface area contributed by atoms with Crippen molar-refractivity contribution in [3.05, 3.63) is 74.8 Å². The van der Waals surface area contributed by atoms with Crippen LogP contribution in [0, 0.1) is 32.9 Å². The number of para-hydroxylation sites is 1. The Kier molecular flexibility index (Phi) is 6.95. The number of ether oxygens (including phenoxy) is 1. The molecule has 40 heavy (non-hydrogen) atoms. The van der Waals surface area contributed by atoms with Crippen LogP contribution in [0.15, 0.2) is 47.5 Å². The van der Waals surface area contributed by atoms with E-state index in [-0.39, 0.29) is 40.5 Å². The van der Waals surface area contributed by atoms with Crippen LogP contribution in [-0.4, -0.2) is 36.1 Å². The molecule has 13 nitrogen and oxygen atoms in total. The summed E-state index contributed by atoms with van der Waals surface area (Å²) in [4.78, 5) is 22.6. The molecule has 1 unspecified atom stereocenters. The second-order valence-corrected chi connectivity index (χ2v) is 9.41. The van der Waals surface area contributed by atoms with Gasteiger partial charge in [0.25, 0.3) is 5.69 Å². The molecule has 202 valence electrons. The van der Waals surface area contributed by atoms with Gasteiger partial charge in [-0.3, -0.25) is 15.4 Å². The highest BCUT2D eigenvalue weighted by molar-refractivity contribution is 5.98. The lowest BCUT2D eigenvalue weighted by Gasteiger charge is -2.34. The van der Waals surface area contributed by atoms with Gasteiger partial charge in [0.1, 0.15) is 40.7 Å². The van der Waals surface area contributed by atoms with Crippen molar-refractivity contribution in [2.75, 3.05) is 41.9 Å². The zero-order valence-electron chi connectivity index (χ0n) is 21.6. The molecule has 3 heterocycles. The number of nitro benzene ring substituents is 1. The molecule has 2 aliphatic rings. The molecule has 0 amide bonds. The summed E-state index contributed by atoms with van der Waals surface area (Å²) in [6.45, 7) is 1.27. The maximum Gasteiger partial charge on any atom is 0.292 e. The molecule has 1 atom stereocenters. The van der Waals surface area contributed by atoms with Gasteiger partial charge < -0.3 is 26.4 Å². The van der Waals surface area contributed by atoms with Crippen molar-refractivity contribution in [2.24, 2.45) is 4.99 Å². The Bertz CT molecular complexity index is 1600. The number of benzene rings is 2. The van der Waals surface area contributed by atoms with E-state index in [1.54, 1.807) is 25.4 Å². The first kappa shape index (κ1) is 26.1. The van der Waals surface area contributed by atoms with Crippen LogP contribution in [0.2, 0.25) is 0 Å². The Balaban J connectivity index is 1.49. The normalized spacial score (nSPS) is 16.5. The van der Waals surface area contributed by atoms with Gasteiger partial charge in [0.05, 0.1) is 17.7 Å². The quantitative estimate of drug-likeness (QED) is 0.160. The smallest absolute Gasteiger partial charge is 0.292 e. The number of hydrogen-bond acceptors (Lipinski definition) is 12. The molecule has 0 radical (unpaired) electrons. The van der Waals surface area contributed by atoms with E-state index < -0.39 is 11.0 Å². The van der Waals surface area contributed by atoms with Gasteiger partial charge >= 0.3 is 0 Å². The van der Waals surface area contributed by atoms with E-state index in [1.165, 1.54) is 6.07 Å². The molecule has 1 aromatic heterocycles. The van der Waals surface area contributed by atoms with E-state index in [4.69, 9.17) is 21.5 Å². The number of aliphatic imine (C=N–C) groups is 1. The molecule has 5 rings (SSSR count). The fourth-order valence-electron chi connectivity index (χ4n) is 5.38. The van der Waals surface area contributed by atoms with Crippen molar-refractivity contribution in [1.29, 1.82) is 10.5 Å². The first-order valence-electron chi connectivity index (χ1n) is 12.5. The average molecular weight is 539 g/mol. The first-order chi connectivity index (χ1) is 19.4. The van der Waals surface area contributed by atoms with Crippen LogP contribution in [0.4, 0.5) is 28.7 Å². The summed E-state index contributed by atoms with van der Waals surface area (Å²) in [6.07, 6.45) is 3.42. The van der Waals surface area contributed by atoms with Crippen molar-refractivity contribution in [3.8, 4) is 18.0 Å². The lowest BCUT2D eigenvalue weighted by Crippen LogP contribution is -2.34. The van der Waals surface area contributed by atoms with Gasteiger partial charge in [-0.25, -0.2) is 9.98 Å². The minimum atomic E-state index is -0.878. The Morgan fingerprint density at radius 1 is 1.20 bits per heavy atom. The zero-order valence-corrected chi connectivity index (χ0v) is 21.6. The summed E-state index contributed by atoms with van der Waals surface area (Å²) in [5.74, 6) is 1.33. The third kappa shape index (κ3) is 4.61. The van der Waals surface area contributed by atoms with Gasteiger partial charge in [-0.2, -0.15) is 10.5 Å². The lowest BCUT2D eigenvalue weighted by atomic mass is 9.88. The van der Waals surface area contributed by atoms with Crippen LogP contribution in [0.5, 0.6) is 5.75 Å². The largest absolute Gasteiger partial charge is 0.496 e. The molecule has 0 saturated carbocycles. The number of rotatable bonds is 5. The number of hydrogen-bond donors (Lipinski definition) is 4. The second-order valence-electron chi connectivity index (χ2n) is 9.41. The number of nitriles is 2. The molecular weight excluding hydrogens is 512 g/mol. The third-order valence-corrected chi connectivity index (χ3v) is 7.28. The molecule has 3 aromatic rings. The molecule has 2 aliphatic heterocycles. The molecular formula is C27H26N10O3. The van der Waals surface area contributed by atoms with Gasteiger partial charge in [0.15, 0.2) is 6.19 Å². The van der Waals surface area contributed by atoms with Crippen LogP contribution >= 0.6 is 0 Å². The summed E-state index contributed by atoms with van der Waals surface area (Å²) in [6, 6.07) is 13.9. The number of nitrogens with zero attached hydrogens (tertiary/aromatic N) is 6. The minimum absolute atomic E-state index is 0.0125. The molecule has 2 aromatic carbocycles. The van der Waals surface area contributed by atoms with Crippen molar-refractivity contribution in [1.82, 2.24) is 10.3 Å². The standard InChI is InChI=1S/C27H26N10O3/c1-40-21-5-3-2-4-17(21)15-8-10-36(11-9-15)19-7-6-16(12-20(19)37(38)39)24-22-23(30)18(13-28)25(31)34-26(22)35-27(33-24)32-14-29/h2-7,12,15,24H,8-11H2,1H3,(H6,30,31,32,33,34,35). The summed E-state index contributed by atoms with van der Waals surface area (Å²) in [5.41, 5.74) is 14.6. The van der Waals surface area contributed by atoms with Crippen molar-refractivity contribution >= 4 is 34.7 Å². The summed E-state index contributed by atoms with van der Waals surface area (Å²) in [7, 11) is 1.66. The Morgan fingerprint density at radius 2 is 1.95 bits per heavy atom. The SMILES string of the molecule is COc1ccccc1C1CCN(c2ccc(C3N=C(NC#N)Nc4nc(N)c(C#N)c(N)c43)cc2[N+](=O)[O-])CC1. The number of piperidine rings is 1. The number of pyridine rings is 1. The lowest BCUT2D eigenvalue weighted by molar-refractivity contribution is -0.384. The number of nitro groups is 1. The number of nitrogens with two attached hydrogens (primary N) is 2. The van der Waals surface area contributed by atoms with Crippen molar-refractivity contribution in [2.45, 2.75) is 24.8 Å². The number of methoxy groups -OCH3 is 1. The maximum absolute atomic E-state index is 12.3. The summed E-state index contributed by atoms with van der Waals surface area (Å²) in [5, 5.41) is 36.2. The minimum Gasteiger partial charge on any atom is -0.496 e. The monoisotopic (exact) mass is 538 g/mol. The molecule has 0 spiro atoms. The number of nitrogens with one attached hydrogen (secondary N) is 2. The number of guanidine groups is 1. The van der Waals surface area contributed by atoms with Crippen LogP contribution in [-0.2, 0) is 0 Å². The number of nitrogen functional groups attached to an aromatic ring is 2. The summed E-state index contributed by atoms with van der Waals surface area (Å²) < 4.78 is 5.53. The van der Waals surface area contributed by atoms with Gasteiger partial charge in [-0.05, 0) is 42.0 Å². The van der Waals surface area contributed by atoms with Gasteiger partial charge in [-0.1, -0.05) is 24.3 Å². The molecule has 0 bridgehead atoms. The van der Waals surface area contributed by atoms with E-state index in [9.17, 15) is 15.4 Å². The van der Waals surface area contributed by atoms with Crippen LogP contribution < -0.4 is 31.7 Å². The van der Waals surface area contributed by atoms with E-state index in [1.807, 2.05) is 29.2 Å². The van der Waals surface area contributed by atoms with E-state index in [2.05, 4.69) is 26.7 Å². The second kappa shape index (κ2) is 10.7. The highest BCUT2D eigenvalue weighted by Gasteiger charge is 2.32. The number of fused-ring (bicyclic) bond motifs is 1. The zero-order chi connectivity index (χ0) is 28.4. The Hall–Kier alpha value is -5.56. The van der Waals surface area contributed by atoms with Gasteiger partial charge in [0, 0.05) is 24.7 Å². The van der Waals surface area contributed by atoms with Crippen LogP contribution in [0.1, 0.15) is 47.1 Å². The predicted molar refractivity (Wildman–Crippen MR) is 150 cm³/mol. The highest BCUT2D eigenvalue weighted by atomic mass is 16.6. The molecule has 1 fully saturated rings. The highest BCUT2D eigenvalue weighted by Crippen LogP contribution is 2.43. The van der Waals surface area contributed by atoms with Crippen LogP contribution in [0.3, 0.4) is 0 Å². The predicted octanol–water partition coefficient (Wildman–Crippen LogP) is 3.36. The van der Waals surface area contributed by atoms with Crippen LogP contribution in [0.25, 0.3) is 0 Å². The maximum atomic E-state index is 12.3. The Morgan fingerprint density at radius 3 is 2.62 bits per heavy atom. The molecule has 0 aliphatic carbocycles. The molecule has 13 heteroatoms. The van der Waals surface area contributed by atoms with Gasteiger partial charge in [-0.15, -0.1) is 0 Å². The fourth-order valence-corrected chi connectivity index (χ4v) is 5.38. The number of aromatic nitrogens is 1. The average Bonchev–Trinajstić information content (AvgIpc) is 2.96. The van der Waals surface area contributed by atoms with E-state index in [0.717, 1.165) is 24.2 Å². The Labute approximate surface area is 229 Å². The first-order valence-corrected chi connectivity index (χ1v) is 12.5. The van der Waals surface area contributed by atoms with E-state index >= 15 is 0 Å². The van der Waals surface area contributed by atoms with Gasteiger partial charge in [0.2, 0.25) is 5.96 Å². The van der Waals surface area contributed by atoms with E-state index in [0.29, 0.717) is 29.9 Å². The fraction of sp³-hybridized carbons (Fsp3) is 0.259. The number of anilines is 4. The topological polar surface area (TPSA) is 205 Å².